The summed E-state index contributed by atoms with van der Waals surface area (Å²) in [7, 11) is 0. The molecule has 1 aromatic heterocycles. The zero-order chi connectivity index (χ0) is 22.3. The Morgan fingerprint density at radius 2 is 1.90 bits per heavy atom. The van der Waals surface area contributed by atoms with Gasteiger partial charge in [-0.2, -0.15) is 0 Å². The van der Waals surface area contributed by atoms with Gasteiger partial charge in [0.15, 0.2) is 0 Å². The van der Waals surface area contributed by atoms with Crippen LogP contribution in [-0.4, -0.2) is 53.3 Å². The van der Waals surface area contributed by atoms with Crippen LogP contribution in [0, 0.1) is 17.8 Å². The first kappa shape index (κ1) is 21.8. The highest BCUT2D eigenvalue weighted by atomic mass is 16.6. The van der Waals surface area contributed by atoms with Gasteiger partial charge in [0.25, 0.3) is 0 Å². The van der Waals surface area contributed by atoms with E-state index in [1.165, 1.54) is 24.6 Å². The Balaban J connectivity index is 1.46. The van der Waals surface area contributed by atoms with E-state index >= 15 is 0 Å². The molecule has 1 amide bonds. The number of likely N-dealkylation sites (tertiary alicyclic amines) is 1. The minimum Gasteiger partial charge on any atom is -0.443 e. The SMILES string of the molecule is CCN1C[C@@H]2[C@@H](COCc3ccc4c(c3)c(NC(C)=O)cn4C(=O)OC(C)(C)C)[C@@H]2C1. The van der Waals surface area contributed by atoms with Crippen LogP contribution in [-0.2, 0) is 20.9 Å². The number of rotatable bonds is 6. The monoisotopic (exact) mass is 427 g/mol. The number of aromatic nitrogens is 1. The Kier molecular flexibility index (Phi) is 5.83. The third kappa shape index (κ3) is 4.77. The lowest BCUT2D eigenvalue weighted by Crippen LogP contribution is -2.26. The molecule has 0 spiro atoms. The Morgan fingerprint density at radius 1 is 1.19 bits per heavy atom. The van der Waals surface area contributed by atoms with Gasteiger partial charge in [0.05, 0.1) is 24.4 Å². The van der Waals surface area contributed by atoms with Crippen LogP contribution in [0.25, 0.3) is 10.9 Å². The molecule has 1 aromatic carbocycles. The van der Waals surface area contributed by atoms with E-state index in [1.807, 2.05) is 39.0 Å². The number of carbonyl (C=O) groups excluding carboxylic acids is 2. The average molecular weight is 428 g/mol. The minimum atomic E-state index is -0.606. The summed E-state index contributed by atoms with van der Waals surface area (Å²) in [5, 5.41) is 3.62. The fourth-order valence-corrected chi connectivity index (χ4v) is 4.67. The van der Waals surface area contributed by atoms with Gasteiger partial charge in [0.1, 0.15) is 5.60 Å². The van der Waals surface area contributed by atoms with Crippen molar-refractivity contribution < 1.29 is 19.1 Å². The van der Waals surface area contributed by atoms with Crippen molar-refractivity contribution in [2.45, 2.75) is 46.8 Å². The van der Waals surface area contributed by atoms with Crippen molar-refractivity contribution in [3.63, 3.8) is 0 Å². The third-order valence-corrected chi connectivity index (χ3v) is 6.24. The van der Waals surface area contributed by atoms with Crippen LogP contribution >= 0.6 is 0 Å². The van der Waals surface area contributed by atoms with E-state index in [9.17, 15) is 9.59 Å². The van der Waals surface area contributed by atoms with Crippen molar-refractivity contribution in [1.82, 2.24) is 9.47 Å². The molecule has 1 N–H and O–H groups in total. The summed E-state index contributed by atoms with van der Waals surface area (Å²) in [5.41, 5.74) is 1.69. The third-order valence-electron chi connectivity index (χ3n) is 6.24. The second-order valence-corrected chi connectivity index (χ2v) is 9.78. The van der Waals surface area contributed by atoms with Gasteiger partial charge >= 0.3 is 6.09 Å². The van der Waals surface area contributed by atoms with Gasteiger partial charge in [-0.1, -0.05) is 13.0 Å². The molecular formula is C24H33N3O4. The lowest BCUT2D eigenvalue weighted by atomic mass is 10.1. The van der Waals surface area contributed by atoms with E-state index < -0.39 is 11.7 Å². The Morgan fingerprint density at radius 3 is 2.52 bits per heavy atom. The summed E-state index contributed by atoms with van der Waals surface area (Å²) in [5.74, 6) is 2.11. The molecule has 2 aliphatic rings. The van der Waals surface area contributed by atoms with Crippen molar-refractivity contribution in [3.8, 4) is 0 Å². The summed E-state index contributed by atoms with van der Waals surface area (Å²) >= 11 is 0. The van der Waals surface area contributed by atoms with Gasteiger partial charge in [0.2, 0.25) is 5.91 Å². The quantitative estimate of drug-likeness (QED) is 0.752. The van der Waals surface area contributed by atoms with E-state index in [-0.39, 0.29) is 5.91 Å². The predicted octanol–water partition coefficient (Wildman–Crippen LogP) is 4.10. The van der Waals surface area contributed by atoms with E-state index in [0.717, 1.165) is 35.9 Å². The molecule has 2 aromatic rings. The number of hydrogen-bond acceptors (Lipinski definition) is 5. The molecular weight excluding hydrogens is 394 g/mol. The smallest absolute Gasteiger partial charge is 0.419 e. The normalized spacial score (nSPS) is 23.1. The molecule has 0 bridgehead atoms. The van der Waals surface area contributed by atoms with E-state index in [4.69, 9.17) is 9.47 Å². The molecule has 3 atom stereocenters. The van der Waals surface area contributed by atoms with Crippen LogP contribution < -0.4 is 5.32 Å². The maximum atomic E-state index is 12.7. The minimum absolute atomic E-state index is 0.189. The molecule has 2 fully saturated rings. The van der Waals surface area contributed by atoms with Gasteiger partial charge in [-0.3, -0.25) is 9.36 Å². The lowest BCUT2D eigenvalue weighted by Gasteiger charge is -2.19. The molecule has 168 valence electrons. The van der Waals surface area contributed by atoms with Crippen molar-refractivity contribution in [2.75, 3.05) is 31.6 Å². The molecule has 1 saturated heterocycles. The highest BCUT2D eigenvalue weighted by Crippen LogP contribution is 2.51. The maximum Gasteiger partial charge on any atom is 0.419 e. The lowest BCUT2D eigenvalue weighted by molar-refractivity contribution is -0.114. The van der Waals surface area contributed by atoms with Crippen molar-refractivity contribution in [2.24, 2.45) is 17.8 Å². The van der Waals surface area contributed by atoms with Crippen molar-refractivity contribution in [3.05, 3.63) is 30.0 Å². The summed E-state index contributed by atoms with van der Waals surface area (Å²) in [4.78, 5) is 26.8. The zero-order valence-electron chi connectivity index (χ0n) is 19.1. The number of hydrogen-bond donors (Lipinski definition) is 1. The number of fused-ring (bicyclic) bond motifs is 2. The number of piperidine rings is 1. The number of nitrogens with one attached hydrogen (secondary N) is 1. The second-order valence-electron chi connectivity index (χ2n) is 9.78. The summed E-state index contributed by atoms with van der Waals surface area (Å²) in [6, 6.07) is 5.83. The first-order valence-corrected chi connectivity index (χ1v) is 11.1. The largest absolute Gasteiger partial charge is 0.443 e. The Bertz CT molecular complexity index is 979. The maximum absolute atomic E-state index is 12.7. The topological polar surface area (TPSA) is 72.8 Å². The van der Waals surface area contributed by atoms with Crippen LogP contribution in [0.1, 0.15) is 40.2 Å². The van der Waals surface area contributed by atoms with Gasteiger partial charge in [-0.05, 0) is 62.8 Å². The van der Waals surface area contributed by atoms with Gasteiger partial charge < -0.3 is 19.7 Å². The number of amides is 1. The number of benzene rings is 1. The second kappa shape index (κ2) is 8.28. The van der Waals surface area contributed by atoms with Crippen LogP contribution in [0.5, 0.6) is 0 Å². The van der Waals surface area contributed by atoms with Gasteiger partial charge in [0, 0.05) is 31.6 Å². The fraction of sp³-hybridized carbons (Fsp3) is 0.583. The molecule has 2 heterocycles. The molecule has 31 heavy (non-hydrogen) atoms. The molecule has 1 aliphatic heterocycles. The molecule has 0 radical (unpaired) electrons. The van der Waals surface area contributed by atoms with Crippen molar-refractivity contribution in [1.29, 1.82) is 0 Å². The number of ether oxygens (including phenoxy) is 2. The Labute approximate surface area is 183 Å². The van der Waals surface area contributed by atoms with Crippen LogP contribution in [0.4, 0.5) is 10.5 Å². The van der Waals surface area contributed by atoms with Gasteiger partial charge in [-0.25, -0.2) is 4.79 Å². The summed E-state index contributed by atoms with van der Waals surface area (Å²) < 4.78 is 13.0. The van der Waals surface area contributed by atoms with E-state index in [0.29, 0.717) is 23.7 Å². The molecule has 0 unspecified atom stereocenters. The van der Waals surface area contributed by atoms with Crippen LogP contribution in [0.3, 0.4) is 0 Å². The number of anilines is 1. The van der Waals surface area contributed by atoms with E-state index in [1.54, 1.807) is 6.20 Å². The molecule has 7 nitrogen and oxygen atoms in total. The highest BCUT2D eigenvalue weighted by Gasteiger charge is 2.54. The van der Waals surface area contributed by atoms with E-state index in [2.05, 4.69) is 17.1 Å². The van der Waals surface area contributed by atoms with Crippen LogP contribution in [0.2, 0.25) is 0 Å². The number of nitrogens with zero attached hydrogens (tertiary/aromatic N) is 2. The molecule has 1 saturated carbocycles. The summed E-state index contributed by atoms with van der Waals surface area (Å²) in [6.07, 6.45) is 1.15. The molecule has 7 heteroatoms. The zero-order valence-corrected chi connectivity index (χ0v) is 19.1. The number of carbonyl (C=O) groups is 2. The highest BCUT2D eigenvalue weighted by molar-refractivity contribution is 6.04. The average Bonchev–Trinajstić information content (AvgIpc) is 3.02. The van der Waals surface area contributed by atoms with Crippen molar-refractivity contribution >= 4 is 28.6 Å². The Hall–Kier alpha value is -2.38. The molecule has 4 rings (SSSR count). The summed E-state index contributed by atoms with van der Waals surface area (Å²) in [6.45, 7) is 14.0. The first-order valence-electron chi connectivity index (χ1n) is 11.1. The fourth-order valence-electron chi connectivity index (χ4n) is 4.67. The standard InChI is InChI=1S/C24H33N3O4/c1-6-26-10-18-19(11-26)20(18)14-30-13-16-7-8-22-17(9-16)21(25-15(2)28)12-27(22)23(29)31-24(3,4)5/h7-9,12,18-20H,6,10-11,13-14H2,1-5H3,(H,25,28)/t18-,19+,20+. The predicted molar refractivity (Wildman–Crippen MR) is 120 cm³/mol. The molecule has 1 aliphatic carbocycles. The van der Waals surface area contributed by atoms with Gasteiger partial charge in [-0.15, -0.1) is 0 Å². The van der Waals surface area contributed by atoms with Crippen LogP contribution in [0.15, 0.2) is 24.4 Å². The first-order chi connectivity index (χ1) is 14.7.